The Hall–Kier alpha value is -3.60. The molecule has 1 aliphatic heterocycles. The van der Waals surface area contributed by atoms with E-state index in [2.05, 4.69) is 10.3 Å². The van der Waals surface area contributed by atoms with Gasteiger partial charge in [0.2, 0.25) is 0 Å². The number of hydrogen-bond acceptors (Lipinski definition) is 2. The minimum Gasteiger partial charge on any atom is -0.361 e. The van der Waals surface area contributed by atoms with Gasteiger partial charge in [0, 0.05) is 46.9 Å². The van der Waals surface area contributed by atoms with Crippen LogP contribution >= 0.6 is 0 Å². The SMILES string of the molecule is Cc1ccc2[nH]cc(C3=C(c4cccc5ccn(C)c45)C(=O)NC3=O)c2c1. The molecule has 5 rings (SSSR count). The monoisotopic (exact) mass is 355 g/mol. The van der Waals surface area contributed by atoms with E-state index in [0.717, 1.165) is 38.5 Å². The second kappa shape index (κ2) is 5.45. The molecule has 27 heavy (non-hydrogen) atoms. The molecule has 1 aliphatic rings. The van der Waals surface area contributed by atoms with Crippen LogP contribution in [0.2, 0.25) is 0 Å². The molecule has 0 atom stereocenters. The van der Waals surface area contributed by atoms with Crippen molar-refractivity contribution in [2.75, 3.05) is 0 Å². The number of fused-ring (bicyclic) bond motifs is 2. The number of rotatable bonds is 2. The zero-order valence-corrected chi connectivity index (χ0v) is 15.0. The van der Waals surface area contributed by atoms with Gasteiger partial charge in [-0.2, -0.15) is 0 Å². The number of imide groups is 1. The summed E-state index contributed by atoms with van der Waals surface area (Å²) in [7, 11) is 1.94. The molecule has 0 radical (unpaired) electrons. The predicted molar refractivity (Wildman–Crippen MR) is 106 cm³/mol. The Balaban J connectivity index is 1.88. The van der Waals surface area contributed by atoms with Crippen LogP contribution < -0.4 is 5.32 Å². The minimum atomic E-state index is -0.358. The van der Waals surface area contributed by atoms with Crippen molar-refractivity contribution in [1.82, 2.24) is 14.9 Å². The number of carbonyl (C=O) groups is 2. The second-order valence-corrected chi connectivity index (χ2v) is 6.95. The van der Waals surface area contributed by atoms with Gasteiger partial charge in [0.05, 0.1) is 16.7 Å². The number of para-hydroxylation sites is 1. The standard InChI is InChI=1S/C22H17N3O2/c1-12-6-7-17-15(10-12)16(11-23-17)19-18(21(26)24-22(19)27)14-5-3-4-13-8-9-25(2)20(13)14/h3-11,23H,1-2H3,(H,24,26,27). The Bertz CT molecular complexity index is 1300. The van der Waals surface area contributed by atoms with E-state index >= 15 is 0 Å². The second-order valence-electron chi connectivity index (χ2n) is 6.95. The molecule has 5 nitrogen and oxygen atoms in total. The summed E-state index contributed by atoms with van der Waals surface area (Å²) in [5.41, 5.74) is 5.33. The summed E-state index contributed by atoms with van der Waals surface area (Å²) in [4.78, 5) is 28.7. The Labute approximate surface area is 155 Å². The number of aromatic amines is 1. The maximum absolute atomic E-state index is 12.8. The van der Waals surface area contributed by atoms with Gasteiger partial charge in [-0.05, 0) is 25.1 Å². The molecule has 0 bridgehead atoms. The molecular weight excluding hydrogens is 338 g/mol. The third-order valence-corrected chi connectivity index (χ3v) is 5.20. The van der Waals surface area contributed by atoms with Crippen molar-refractivity contribution in [1.29, 1.82) is 0 Å². The highest BCUT2D eigenvalue weighted by Crippen LogP contribution is 2.37. The van der Waals surface area contributed by atoms with Crippen molar-refractivity contribution in [2.24, 2.45) is 7.05 Å². The van der Waals surface area contributed by atoms with Crippen LogP contribution in [-0.2, 0) is 16.6 Å². The van der Waals surface area contributed by atoms with Gasteiger partial charge in [0.1, 0.15) is 0 Å². The lowest BCUT2D eigenvalue weighted by atomic mass is 9.94. The van der Waals surface area contributed by atoms with E-state index in [1.54, 1.807) is 0 Å². The molecule has 0 saturated carbocycles. The van der Waals surface area contributed by atoms with Crippen LogP contribution in [0, 0.1) is 6.92 Å². The number of carbonyl (C=O) groups excluding carboxylic acids is 2. The molecule has 3 heterocycles. The van der Waals surface area contributed by atoms with Crippen LogP contribution in [-0.4, -0.2) is 21.4 Å². The van der Waals surface area contributed by atoms with Gasteiger partial charge in [0.25, 0.3) is 11.8 Å². The van der Waals surface area contributed by atoms with Crippen molar-refractivity contribution in [3.05, 3.63) is 71.5 Å². The summed E-state index contributed by atoms with van der Waals surface area (Å²) in [6.45, 7) is 2.01. The van der Waals surface area contributed by atoms with Crippen LogP contribution in [0.1, 0.15) is 16.7 Å². The summed E-state index contributed by atoms with van der Waals surface area (Å²) in [5.74, 6) is -0.714. The molecule has 5 heteroatoms. The van der Waals surface area contributed by atoms with Crippen molar-refractivity contribution < 1.29 is 9.59 Å². The first-order valence-electron chi connectivity index (χ1n) is 8.77. The summed E-state index contributed by atoms with van der Waals surface area (Å²) >= 11 is 0. The summed E-state index contributed by atoms with van der Waals surface area (Å²) in [6, 6.07) is 13.9. The molecular formula is C22H17N3O2. The van der Waals surface area contributed by atoms with Crippen molar-refractivity contribution in [2.45, 2.75) is 6.92 Å². The molecule has 0 aliphatic carbocycles. The summed E-state index contributed by atoms with van der Waals surface area (Å²) in [5, 5.41) is 4.45. The quantitative estimate of drug-likeness (QED) is 0.540. The van der Waals surface area contributed by atoms with Crippen LogP contribution in [0.5, 0.6) is 0 Å². The van der Waals surface area contributed by atoms with E-state index in [-0.39, 0.29) is 11.8 Å². The maximum atomic E-state index is 12.8. The molecule has 0 unspecified atom stereocenters. The fraction of sp³-hybridized carbons (Fsp3) is 0.0909. The highest BCUT2D eigenvalue weighted by atomic mass is 16.2. The van der Waals surface area contributed by atoms with E-state index in [4.69, 9.17) is 0 Å². The van der Waals surface area contributed by atoms with Crippen molar-refractivity contribution in [3.63, 3.8) is 0 Å². The molecule has 2 aromatic heterocycles. The lowest BCUT2D eigenvalue weighted by Crippen LogP contribution is -2.22. The Morgan fingerprint density at radius 1 is 0.926 bits per heavy atom. The summed E-state index contributed by atoms with van der Waals surface area (Å²) in [6.07, 6.45) is 3.76. The number of hydrogen-bond donors (Lipinski definition) is 2. The topological polar surface area (TPSA) is 66.9 Å². The number of nitrogens with zero attached hydrogens (tertiary/aromatic N) is 1. The van der Waals surface area contributed by atoms with Crippen LogP contribution in [0.4, 0.5) is 0 Å². The normalized spacial score (nSPS) is 14.6. The number of aryl methyl sites for hydroxylation is 2. The lowest BCUT2D eigenvalue weighted by Gasteiger charge is -2.08. The average molecular weight is 355 g/mol. The molecule has 0 saturated heterocycles. The predicted octanol–water partition coefficient (Wildman–Crippen LogP) is 3.54. The number of H-pyrrole nitrogens is 1. The largest absolute Gasteiger partial charge is 0.361 e. The first-order valence-corrected chi connectivity index (χ1v) is 8.77. The van der Waals surface area contributed by atoms with Gasteiger partial charge < -0.3 is 9.55 Å². The Morgan fingerprint density at radius 3 is 2.52 bits per heavy atom. The molecule has 0 spiro atoms. The van der Waals surface area contributed by atoms with Gasteiger partial charge in [-0.15, -0.1) is 0 Å². The highest BCUT2D eigenvalue weighted by molar-refractivity contribution is 6.50. The van der Waals surface area contributed by atoms with E-state index in [9.17, 15) is 9.59 Å². The first-order chi connectivity index (χ1) is 13.0. The lowest BCUT2D eigenvalue weighted by molar-refractivity contribution is -0.122. The molecule has 2 aromatic carbocycles. The third kappa shape index (κ3) is 2.18. The number of amides is 2. The smallest absolute Gasteiger partial charge is 0.259 e. The summed E-state index contributed by atoms with van der Waals surface area (Å²) < 4.78 is 1.98. The molecule has 2 N–H and O–H groups in total. The van der Waals surface area contributed by atoms with E-state index < -0.39 is 0 Å². The number of aromatic nitrogens is 2. The Morgan fingerprint density at radius 2 is 1.70 bits per heavy atom. The fourth-order valence-corrected chi connectivity index (χ4v) is 3.97. The van der Waals surface area contributed by atoms with Crippen molar-refractivity contribution in [3.8, 4) is 0 Å². The molecule has 0 fully saturated rings. The minimum absolute atomic E-state index is 0.356. The van der Waals surface area contributed by atoms with E-state index in [0.29, 0.717) is 11.1 Å². The third-order valence-electron chi connectivity index (χ3n) is 5.20. The average Bonchev–Trinajstić information content (AvgIpc) is 3.30. The zero-order chi connectivity index (χ0) is 18.7. The van der Waals surface area contributed by atoms with E-state index in [1.807, 2.05) is 73.4 Å². The molecule has 2 amide bonds. The highest BCUT2D eigenvalue weighted by Gasteiger charge is 2.34. The maximum Gasteiger partial charge on any atom is 0.259 e. The van der Waals surface area contributed by atoms with Gasteiger partial charge in [-0.3, -0.25) is 14.9 Å². The molecule has 132 valence electrons. The Kier molecular flexibility index (Phi) is 3.15. The fourth-order valence-electron chi connectivity index (χ4n) is 3.97. The van der Waals surface area contributed by atoms with Crippen molar-refractivity contribution >= 4 is 44.8 Å². The number of benzene rings is 2. The van der Waals surface area contributed by atoms with Crippen LogP contribution in [0.3, 0.4) is 0 Å². The van der Waals surface area contributed by atoms with Gasteiger partial charge in [-0.1, -0.05) is 29.8 Å². The van der Waals surface area contributed by atoms with Gasteiger partial charge >= 0.3 is 0 Å². The first kappa shape index (κ1) is 15.6. The van der Waals surface area contributed by atoms with Gasteiger partial charge in [0.15, 0.2) is 0 Å². The van der Waals surface area contributed by atoms with Crippen LogP contribution in [0.25, 0.3) is 33.0 Å². The van der Waals surface area contributed by atoms with E-state index in [1.165, 1.54) is 0 Å². The molecule has 4 aromatic rings. The van der Waals surface area contributed by atoms with Gasteiger partial charge in [-0.25, -0.2) is 0 Å². The number of nitrogens with one attached hydrogen (secondary N) is 2. The zero-order valence-electron chi connectivity index (χ0n) is 15.0. The van der Waals surface area contributed by atoms with Crippen LogP contribution in [0.15, 0.2) is 54.9 Å².